The Kier molecular flexibility index (Phi) is 5.55. The number of nitrogens with one attached hydrogen (secondary N) is 1. The van der Waals surface area contributed by atoms with Gasteiger partial charge in [-0.3, -0.25) is 0 Å². The van der Waals surface area contributed by atoms with Crippen LogP contribution >= 0.6 is 11.3 Å². The summed E-state index contributed by atoms with van der Waals surface area (Å²) in [5, 5.41) is 2.42. The summed E-state index contributed by atoms with van der Waals surface area (Å²) in [4.78, 5) is 6.11. The van der Waals surface area contributed by atoms with Gasteiger partial charge in [0.2, 0.25) is 0 Å². The third-order valence-corrected chi connectivity index (χ3v) is 3.58. The number of hydrogen-bond donors (Lipinski definition) is 1. The lowest BCUT2D eigenvalue weighted by Crippen LogP contribution is -2.24. The van der Waals surface area contributed by atoms with Crippen molar-refractivity contribution in [2.75, 3.05) is 27.2 Å². The molecule has 0 aliphatic rings. The van der Waals surface area contributed by atoms with Gasteiger partial charge >= 0.3 is 6.18 Å². The zero-order valence-corrected chi connectivity index (χ0v) is 11.5. The fourth-order valence-corrected chi connectivity index (χ4v) is 2.45. The number of alkyl halides is 3. The first-order valence-corrected chi connectivity index (χ1v) is 6.57. The van der Waals surface area contributed by atoms with E-state index in [-0.39, 0.29) is 6.04 Å². The van der Waals surface area contributed by atoms with Gasteiger partial charge in [0.15, 0.2) is 5.01 Å². The first-order chi connectivity index (χ1) is 8.34. The van der Waals surface area contributed by atoms with E-state index in [1.807, 2.05) is 25.9 Å². The molecule has 0 bridgehead atoms. The van der Waals surface area contributed by atoms with Crippen LogP contribution in [0.1, 0.15) is 29.3 Å². The van der Waals surface area contributed by atoms with Crippen molar-refractivity contribution in [3.63, 3.8) is 0 Å². The summed E-state index contributed by atoms with van der Waals surface area (Å²) in [6, 6.07) is -0.0639. The SMILES string of the molecule is CCNC(CCN(C)C)c1cnc(C(F)(F)F)s1. The fraction of sp³-hybridized carbons (Fsp3) is 0.727. The number of rotatable bonds is 6. The molecule has 1 rings (SSSR count). The van der Waals surface area contributed by atoms with Crippen molar-refractivity contribution >= 4 is 11.3 Å². The predicted octanol–water partition coefficient (Wildman–Crippen LogP) is 2.76. The Morgan fingerprint density at radius 2 is 2.11 bits per heavy atom. The molecule has 0 saturated carbocycles. The molecule has 0 spiro atoms. The number of thiazole rings is 1. The Balaban J connectivity index is 2.76. The van der Waals surface area contributed by atoms with E-state index in [0.29, 0.717) is 4.88 Å². The van der Waals surface area contributed by atoms with Crippen molar-refractivity contribution in [2.24, 2.45) is 0 Å². The summed E-state index contributed by atoms with van der Waals surface area (Å²) in [5.41, 5.74) is 0. The van der Waals surface area contributed by atoms with Crippen LogP contribution in [-0.2, 0) is 6.18 Å². The topological polar surface area (TPSA) is 28.2 Å². The Labute approximate surface area is 109 Å². The monoisotopic (exact) mass is 281 g/mol. The Morgan fingerprint density at radius 3 is 2.56 bits per heavy atom. The summed E-state index contributed by atoms with van der Waals surface area (Å²) in [6.45, 7) is 3.47. The van der Waals surface area contributed by atoms with Crippen LogP contribution in [0.3, 0.4) is 0 Å². The zero-order valence-electron chi connectivity index (χ0n) is 10.7. The summed E-state index contributed by atoms with van der Waals surface area (Å²) in [7, 11) is 3.88. The van der Waals surface area contributed by atoms with Crippen LogP contribution in [0.25, 0.3) is 0 Å². The molecule has 0 saturated heterocycles. The van der Waals surface area contributed by atoms with Gasteiger partial charge in [0.05, 0.1) is 0 Å². The molecule has 104 valence electrons. The zero-order chi connectivity index (χ0) is 13.8. The van der Waals surface area contributed by atoms with Gasteiger partial charge in [-0.2, -0.15) is 13.2 Å². The molecule has 0 aromatic carbocycles. The second-order valence-corrected chi connectivity index (χ2v) is 5.33. The van der Waals surface area contributed by atoms with Crippen LogP contribution in [0.4, 0.5) is 13.2 Å². The van der Waals surface area contributed by atoms with Crippen LogP contribution in [-0.4, -0.2) is 37.1 Å². The van der Waals surface area contributed by atoms with Crippen molar-refractivity contribution in [1.82, 2.24) is 15.2 Å². The van der Waals surface area contributed by atoms with E-state index in [0.717, 1.165) is 30.8 Å². The Bertz CT molecular complexity index is 363. The molecule has 18 heavy (non-hydrogen) atoms. The Hall–Kier alpha value is -0.660. The first kappa shape index (κ1) is 15.4. The maximum absolute atomic E-state index is 12.5. The van der Waals surface area contributed by atoms with Gasteiger partial charge in [0.25, 0.3) is 0 Å². The molecule has 0 aliphatic heterocycles. The van der Waals surface area contributed by atoms with Gasteiger partial charge < -0.3 is 10.2 Å². The molecule has 1 N–H and O–H groups in total. The predicted molar refractivity (Wildman–Crippen MR) is 66.7 cm³/mol. The van der Waals surface area contributed by atoms with Crippen LogP contribution in [0.5, 0.6) is 0 Å². The highest BCUT2D eigenvalue weighted by Gasteiger charge is 2.35. The van der Waals surface area contributed by atoms with Gasteiger partial charge in [0, 0.05) is 17.1 Å². The molecular formula is C11H18F3N3S. The second kappa shape index (κ2) is 6.49. The van der Waals surface area contributed by atoms with Crippen LogP contribution in [0.2, 0.25) is 0 Å². The fourth-order valence-electron chi connectivity index (χ4n) is 1.56. The lowest BCUT2D eigenvalue weighted by Gasteiger charge is -2.18. The van der Waals surface area contributed by atoms with Crippen molar-refractivity contribution < 1.29 is 13.2 Å². The van der Waals surface area contributed by atoms with E-state index in [1.165, 1.54) is 6.20 Å². The smallest absolute Gasteiger partial charge is 0.309 e. The second-order valence-electron chi connectivity index (χ2n) is 4.27. The van der Waals surface area contributed by atoms with Crippen molar-refractivity contribution in [3.05, 3.63) is 16.1 Å². The lowest BCUT2D eigenvalue weighted by atomic mass is 10.2. The molecular weight excluding hydrogens is 263 g/mol. The number of hydrogen-bond acceptors (Lipinski definition) is 4. The van der Waals surface area contributed by atoms with Crippen LogP contribution in [0, 0.1) is 0 Å². The highest BCUT2D eigenvalue weighted by Crippen LogP contribution is 2.34. The molecule has 1 heterocycles. The third-order valence-electron chi connectivity index (χ3n) is 2.43. The minimum absolute atomic E-state index is 0.0639. The van der Waals surface area contributed by atoms with E-state index in [9.17, 15) is 13.2 Å². The van der Waals surface area contributed by atoms with Gasteiger partial charge in [-0.15, -0.1) is 11.3 Å². The molecule has 0 fully saturated rings. The normalized spacial score (nSPS) is 14.2. The standard InChI is InChI=1S/C11H18F3N3S/c1-4-15-8(5-6-17(2)3)9-7-16-10(18-9)11(12,13)14/h7-8,15H,4-6H2,1-3H3. The first-order valence-electron chi connectivity index (χ1n) is 5.75. The van der Waals surface area contributed by atoms with Crippen LogP contribution in [0.15, 0.2) is 6.20 Å². The van der Waals surface area contributed by atoms with Gasteiger partial charge in [-0.05, 0) is 33.6 Å². The molecule has 1 aromatic heterocycles. The molecule has 7 heteroatoms. The molecule has 1 atom stereocenters. The van der Waals surface area contributed by atoms with Crippen LogP contribution < -0.4 is 5.32 Å². The average Bonchev–Trinajstić information content (AvgIpc) is 2.72. The van der Waals surface area contributed by atoms with E-state index >= 15 is 0 Å². The van der Waals surface area contributed by atoms with Crippen molar-refractivity contribution in [1.29, 1.82) is 0 Å². The number of nitrogens with zero attached hydrogens (tertiary/aromatic N) is 2. The third kappa shape index (κ3) is 4.55. The number of aromatic nitrogens is 1. The summed E-state index contributed by atoms with van der Waals surface area (Å²) < 4.78 is 37.5. The Morgan fingerprint density at radius 1 is 1.44 bits per heavy atom. The lowest BCUT2D eigenvalue weighted by molar-refractivity contribution is -0.137. The van der Waals surface area contributed by atoms with E-state index in [1.54, 1.807) is 0 Å². The van der Waals surface area contributed by atoms with Crippen molar-refractivity contribution in [2.45, 2.75) is 25.6 Å². The molecule has 3 nitrogen and oxygen atoms in total. The summed E-state index contributed by atoms with van der Waals surface area (Å²) in [5.74, 6) is 0. The molecule has 0 radical (unpaired) electrons. The van der Waals surface area contributed by atoms with Gasteiger partial charge in [-0.25, -0.2) is 4.98 Å². The molecule has 1 unspecified atom stereocenters. The van der Waals surface area contributed by atoms with E-state index in [4.69, 9.17) is 0 Å². The summed E-state index contributed by atoms with van der Waals surface area (Å²) in [6.07, 6.45) is -2.25. The largest absolute Gasteiger partial charge is 0.443 e. The molecule has 0 aliphatic carbocycles. The average molecular weight is 281 g/mol. The maximum atomic E-state index is 12.5. The maximum Gasteiger partial charge on any atom is 0.443 e. The van der Waals surface area contributed by atoms with E-state index < -0.39 is 11.2 Å². The summed E-state index contributed by atoms with van der Waals surface area (Å²) >= 11 is 0.722. The minimum atomic E-state index is -4.35. The quantitative estimate of drug-likeness (QED) is 0.869. The molecule has 1 aromatic rings. The van der Waals surface area contributed by atoms with Gasteiger partial charge in [-0.1, -0.05) is 6.92 Å². The minimum Gasteiger partial charge on any atom is -0.309 e. The van der Waals surface area contributed by atoms with E-state index in [2.05, 4.69) is 10.3 Å². The highest BCUT2D eigenvalue weighted by molar-refractivity contribution is 7.11. The highest BCUT2D eigenvalue weighted by atomic mass is 32.1. The van der Waals surface area contributed by atoms with Gasteiger partial charge in [0.1, 0.15) is 0 Å². The van der Waals surface area contributed by atoms with Crippen molar-refractivity contribution in [3.8, 4) is 0 Å². The molecule has 0 amide bonds. The number of halogens is 3.